The Balaban J connectivity index is 2.51. The maximum Gasteiger partial charge on any atom is 0.304 e. The van der Waals surface area contributed by atoms with Crippen molar-refractivity contribution in [2.24, 2.45) is 0 Å². The van der Waals surface area contributed by atoms with E-state index in [2.05, 4.69) is 5.32 Å². The van der Waals surface area contributed by atoms with Crippen LogP contribution in [0, 0.1) is 20.8 Å². The monoisotopic (exact) mass is 502 g/mol. The first kappa shape index (κ1) is 28.3. The van der Waals surface area contributed by atoms with Crippen LogP contribution in [-0.2, 0) is 26.3 Å². The number of carbonyl (C=O) groups is 2. The maximum absolute atomic E-state index is 13.7. The molecule has 0 unspecified atom stereocenters. The first-order chi connectivity index (χ1) is 16.2. The summed E-state index contributed by atoms with van der Waals surface area (Å²) in [6, 6.07) is 12.3. The topological polar surface area (TPSA) is 90.0 Å². The fraction of sp³-hybridized carbons (Fsp3) is 0.462. The largest absolute Gasteiger partial charge is 0.352 e. The number of benzene rings is 2. The number of nitrogens with one attached hydrogen (secondary N) is 1. The molecule has 0 aromatic heterocycles. The van der Waals surface area contributed by atoms with Crippen LogP contribution in [0.4, 0.5) is 5.69 Å². The number of nitrogens with zero attached hydrogens (tertiary/aromatic N) is 3. The Morgan fingerprint density at radius 2 is 1.57 bits per heavy atom. The third kappa shape index (κ3) is 7.29. The quantitative estimate of drug-likeness (QED) is 0.540. The Morgan fingerprint density at radius 1 is 0.943 bits per heavy atom. The SMILES string of the molecule is Cc1cccc(CN(C(=O)CN(c2cc(C)ccc2C)S(=O)(=O)N(C)C)[C@H](C)C(=O)NC(C)C)c1. The Hall–Kier alpha value is -2.91. The van der Waals surface area contributed by atoms with Gasteiger partial charge in [0.25, 0.3) is 0 Å². The van der Waals surface area contributed by atoms with Crippen molar-refractivity contribution >= 4 is 27.7 Å². The van der Waals surface area contributed by atoms with Gasteiger partial charge in [-0.1, -0.05) is 42.0 Å². The highest BCUT2D eigenvalue weighted by molar-refractivity contribution is 7.90. The predicted octanol–water partition coefficient (Wildman–Crippen LogP) is 3.17. The van der Waals surface area contributed by atoms with Gasteiger partial charge in [0.05, 0.1) is 5.69 Å². The second-order valence-electron chi connectivity index (χ2n) is 9.44. The van der Waals surface area contributed by atoms with Crippen LogP contribution in [0.1, 0.15) is 43.0 Å². The Bertz CT molecular complexity index is 1160. The highest BCUT2D eigenvalue weighted by Gasteiger charge is 2.33. The highest BCUT2D eigenvalue weighted by atomic mass is 32.2. The van der Waals surface area contributed by atoms with Gasteiger partial charge in [0, 0.05) is 26.7 Å². The normalized spacial score (nSPS) is 12.5. The summed E-state index contributed by atoms with van der Waals surface area (Å²) < 4.78 is 28.8. The van der Waals surface area contributed by atoms with Crippen LogP contribution >= 0.6 is 0 Å². The Kier molecular flexibility index (Phi) is 9.45. The molecular formula is C26H38N4O4S. The maximum atomic E-state index is 13.7. The van der Waals surface area contributed by atoms with Crippen molar-refractivity contribution in [2.75, 3.05) is 24.9 Å². The fourth-order valence-electron chi connectivity index (χ4n) is 3.68. The van der Waals surface area contributed by atoms with Gasteiger partial charge in [-0.2, -0.15) is 12.7 Å². The predicted molar refractivity (Wildman–Crippen MR) is 140 cm³/mol. The molecule has 0 aliphatic rings. The van der Waals surface area contributed by atoms with E-state index in [4.69, 9.17) is 0 Å². The van der Waals surface area contributed by atoms with Gasteiger partial charge in [0.1, 0.15) is 12.6 Å². The second kappa shape index (κ2) is 11.7. The summed E-state index contributed by atoms with van der Waals surface area (Å²) in [5.74, 6) is -0.765. The van der Waals surface area contributed by atoms with Gasteiger partial charge in [-0.25, -0.2) is 4.31 Å². The van der Waals surface area contributed by atoms with Crippen molar-refractivity contribution in [3.63, 3.8) is 0 Å². The van der Waals surface area contributed by atoms with Gasteiger partial charge >= 0.3 is 10.2 Å². The molecule has 0 radical (unpaired) electrons. The summed E-state index contributed by atoms with van der Waals surface area (Å²) in [7, 11) is -1.12. The molecule has 0 spiro atoms. The molecule has 9 heteroatoms. The molecule has 0 saturated heterocycles. The van der Waals surface area contributed by atoms with Gasteiger partial charge in [0.2, 0.25) is 11.8 Å². The second-order valence-corrected chi connectivity index (χ2v) is 11.5. The molecule has 2 amide bonds. The minimum absolute atomic E-state index is 0.0959. The molecule has 2 aromatic carbocycles. The van der Waals surface area contributed by atoms with Gasteiger partial charge in [-0.05, 0) is 64.3 Å². The van der Waals surface area contributed by atoms with Crippen molar-refractivity contribution in [3.8, 4) is 0 Å². The third-order valence-electron chi connectivity index (χ3n) is 5.69. The summed E-state index contributed by atoms with van der Waals surface area (Å²) in [6.45, 7) is 10.7. The van der Waals surface area contributed by atoms with Gasteiger partial charge in [0.15, 0.2) is 0 Å². The molecule has 0 aliphatic heterocycles. The van der Waals surface area contributed by atoms with Gasteiger partial charge < -0.3 is 10.2 Å². The zero-order valence-electron chi connectivity index (χ0n) is 22.0. The average molecular weight is 503 g/mol. The lowest BCUT2D eigenvalue weighted by Gasteiger charge is -2.33. The third-order valence-corrected chi connectivity index (χ3v) is 7.49. The minimum Gasteiger partial charge on any atom is -0.352 e. The zero-order valence-corrected chi connectivity index (χ0v) is 22.8. The van der Waals surface area contributed by atoms with Gasteiger partial charge in [-0.15, -0.1) is 0 Å². The lowest BCUT2D eigenvalue weighted by molar-refractivity contribution is -0.139. The van der Waals surface area contributed by atoms with E-state index in [0.717, 1.165) is 30.9 Å². The number of hydrogen-bond acceptors (Lipinski definition) is 4. The molecule has 35 heavy (non-hydrogen) atoms. The van der Waals surface area contributed by atoms with E-state index in [1.54, 1.807) is 19.9 Å². The highest BCUT2D eigenvalue weighted by Crippen LogP contribution is 2.26. The number of amides is 2. The Morgan fingerprint density at radius 3 is 2.14 bits per heavy atom. The molecular weight excluding hydrogens is 464 g/mol. The van der Waals surface area contributed by atoms with E-state index in [-0.39, 0.29) is 18.5 Å². The molecule has 0 saturated carbocycles. The van der Waals surface area contributed by atoms with Crippen molar-refractivity contribution < 1.29 is 18.0 Å². The van der Waals surface area contributed by atoms with E-state index >= 15 is 0 Å². The fourth-order valence-corrected chi connectivity index (χ4v) is 4.80. The van der Waals surface area contributed by atoms with Crippen LogP contribution in [0.25, 0.3) is 0 Å². The van der Waals surface area contributed by atoms with Crippen LogP contribution in [0.5, 0.6) is 0 Å². The molecule has 0 bridgehead atoms. The minimum atomic E-state index is -3.99. The number of aryl methyl sites for hydroxylation is 3. The van der Waals surface area contributed by atoms with Crippen LogP contribution in [0.15, 0.2) is 42.5 Å². The Labute approximate surface area is 210 Å². The molecule has 2 rings (SSSR count). The molecule has 0 heterocycles. The lowest BCUT2D eigenvalue weighted by Crippen LogP contribution is -2.53. The van der Waals surface area contributed by atoms with Crippen LogP contribution < -0.4 is 9.62 Å². The van der Waals surface area contributed by atoms with Crippen LogP contribution in [-0.4, -0.2) is 62.2 Å². The van der Waals surface area contributed by atoms with E-state index in [0.29, 0.717) is 5.69 Å². The van der Waals surface area contributed by atoms with E-state index in [1.165, 1.54) is 19.0 Å². The van der Waals surface area contributed by atoms with Crippen LogP contribution in [0.3, 0.4) is 0 Å². The molecule has 8 nitrogen and oxygen atoms in total. The first-order valence-corrected chi connectivity index (χ1v) is 13.1. The van der Waals surface area contributed by atoms with Crippen molar-refractivity contribution in [1.82, 2.24) is 14.5 Å². The molecule has 1 N–H and O–H groups in total. The number of rotatable bonds is 10. The molecule has 2 aromatic rings. The number of hydrogen-bond donors (Lipinski definition) is 1. The van der Waals surface area contributed by atoms with E-state index in [9.17, 15) is 18.0 Å². The van der Waals surface area contributed by atoms with Crippen LogP contribution in [0.2, 0.25) is 0 Å². The molecule has 0 fully saturated rings. The smallest absolute Gasteiger partial charge is 0.304 e. The van der Waals surface area contributed by atoms with Gasteiger partial charge in [-0.3, -0.25) is 9.59 Å². The van der Waals surface area contributed by atoms with E-state index in [1.807, 2.05) is 64.1 Å². The molecule has 0 aliphatic carbocycles. The number of anilines is 1. The van der Waals surface area contributed by atoms with Crippen molar-refractivity contribution in [2.45, 2.75) is 60.2 Å². The zero-order chi connectivity index (χ0) is 26.5. The summed E-state index contributed by atoms with van der Waals surface area (Å²) in [5, 5.41) is 2.85. The standard InChI is InChI=1S/C26H38N4O4S/c1-18(2)27-26(32)22(6)29(16-23-11-9-10-19(3)14-23)25(31)17-30(35(33,34)28(7)8)24-15-20(4)12-13-21(24)5/h9-15,18,22H,16-17H2,1-8H3,(H,27,32)/t22-/m1/s1. The summed E-state index contributed by atoms with van der Waals surface area (Å²) in [4.78, 5) is 28.0. The summed E-state index contributed by atoms with van der Waals surface area (Å²) in [5.41, 5.74) is 3.92. The first-order valence-electron chi connectivity index (χ1n) is 11.7. The molecule has 192 valence electrons. The van der Waals surface area contributed by atoms with Crippen molar-refractivity contribution in [3.05, 3.63) is 64.7 Å². The number of carbonyl (C=O) groups excluding carboxylic acids is 2. The van der Waals surface area contributed by atoms with E-state index < -0.39 is 28.7 Å². The molecule has 1 atom stereocenters. The summed E-state index contributed by atoms with van der Waals surface area (Å²) in [6.07, 6.45) is 0. The van der Waals surface area contributed by atoms with Crippen molar-refractivity contribution in [1.29, 1.82) is 0 Å². The average Bonchev–Trinajstić information content (AvgIpc) is 2.76. The summed E-state index contributed by atoms with van der Waals surface area (Å²) >= 11 is 0. The lowest BCUT2D eigenvalue weighted by atomic mass is 10.1.